The van der Waals surface area contributed by atoms with E-state index >= 15 is 0 Å². The minimum atomic E-state index is -0.328. The van der Waals surface area contributed by atoms with Crippen LogP contribution in [-0.4, -0.2) is 31.7 Å². The van der Waals surface area contributed by atoms with E-state index in [1.165, 1.54) is 10.9 Å². The molecule has 1 atom stereocenters. The fourth-order valence-electron chi connectivity index (χ4n) is 3.49. The predicted octanol–water partition coefficient (Wildman–Crippen LogP) is 1.42. The Bertz CT molecular complexity index is 1010. The van der Waals surface area contributed by atoms with Crippen LogP contribution < -0.4 is 10.9 Å². The van der Waals surface area contributed by atoms with Crippen LogP contribution >= 0.6 is 0 Å². The Labute approximate surface area is 155 Å². The largest absolute Gasteiger partial charge is 0.393 e. The first kappa shape index (κ1) is 17.4. The smallest absolute Gasteiger partial charge is 0.261 e. The first-order valence-electron chi connectivity index (χ1n) is 8.94. The van der Waals surface area contributed by atoms with Gasteiger partial charge in [0.2, 0.25) is 5.91 Å². The van der Waals surface area contributed by atoms with E-state index in [1.807, 2.05) is 24.3 Å². The zero-order chi connectivity index (χ0) is 18.8. The second-order valence-corrected chi connectivity index (χ2v) is 6.88. The summed E-state index contributed by atoms with van der Waals surface area (Å²) in [4.78, 5) is 33.8. The number of nitrogens with zero attached hydrogens (tertiary/aromatic N) is 3. The summed E-state index contributed by atoms with van der Waals surface area (Å²) in [6.07, 6.45) is 4.00. The number of amides is 1. The highest BCUT2D eigenvalue weighted by Gasteiger charge is 2.36. The summed E-state index contributed by atoms with van der Waals surface area (Å²) in [5.41, 5.74) is 1.12. The third-order valence-electron chi connectivity index (χ3n) is 4.99. The Balaban J connectivity index is 1.53. The number of hydrogen-bond donors (Lipinski definition) is 2. The summed E-state index contributed by atoms with van der Waals surface area (Å²) in [7, 11) is 0. The van der Waals surface area contributed by atoms with Crippen molar-refractivity contribution in [2.45, 2.75) is 31.5 Å². The molecule has 0 saturated heterocycles. The van der Waals surface area contributed by atoms with Crippen LogP contribution in [0.2, 0.25) is 0 Å². The maximum atomic E-state index is 12.6. The van der Waals surface area contributed by atoms with Gasteiger partial charge in [-0.3, -0.25) is 19.1 Å². The fraction of sp³-hybridized carbons (Fsp3) is 0.300. The van der Waals surface area contributed by atoms with Gasteiger partial charge in [-0.2, -0.15) is 0 Å². The Morgan fingerprint density at radius 2 is 1.96 bits per heavy atom. The first-order valence-corrected chi connectivity index (χ1v) is 8.94. The number of benzene rings is 1. The lowest BCUT2D eigenvalue weighted by Gasteiger charge is -2.37. The molecule has 1 fully saturated rings. The summed E-state index contributed by atoms with van der Waals surface area (Å²) < 4.78 is 1.31. The van der Waals surface area contributed by atoms with Crippen LogP contribution in [0.1, 0.15) is 24.6 Å². The molecule has 0 unspecified atom stereocenters. The molecule has 1 aliphatic carbocycles. The Morgan fingerprint density at radius 1 is 1.19 bits per heavy atom. The van der Waals surface area contributed by atoms with E-state index in [9.17, 15) is 14.7 Å². The molecule has 0 bridgehead atoms. The van der Waals surface area contributed by atoms with E-state index in [1.54, 1.807) is 24.4 Å². The van der Waals surface area contributed by atoms with Gasteiger partial charge in [-0.15, -0.1) is 0 Å². The maximum absolute atomic E-state index is 12.6. The van der Waals surface area contributed by atoms with Crippen LogP contribution in [0.4, 0.5) is 0 Å². The molecule has 2 N–H and O–H groups in total. The van der Waals surface area contributed by atoms with Crippen molar-refractivity contribution >= 4 is 16.8 Å². The summed E-state index contributed by atoms with van der Waals surface area (Å²) in [6, 6.07) is 12.3. The molecule has 0 radical (unpaired) electrons. The van der Waals surface area contributed by atoms with Crippen molar-refractivity contribution in [2.24, 2.45) is 5.92 Å². The molecule has 0 aliphatic heterocycles. The molecular weight excluding hydrogens is 344 g/mol. The number of para-hydroxylation sites is 1. The van der Waals surface area contributed by atoms with Crippen molar-refractivity contribution in [1.82, 2.24) is 19.9 Å². The monoisotopic (exact) mass is 364 g/mol. The molecule has 3 aromatic rings. The number of carbonyl (C=O) groups is 1. The van der Waals surface area contributed by atoms with Gasteiger partial charge in [-0.25, -0.2) is 4.98 Å². The van der Waals surface area contributed by atoms with Crippen LogP contribution in [-0.2, 0) is 11.3 Å². The zero-order valence-corrected chi connectivity index (χ0v) is 14.7. The maximum Gasteiger partial charge on any atom is 0.261 e. The van der Waals surface area contributed by atoms with Crippen molar-refractivity contribution in [2.75, 3.05) is 0 Å². The van der Waals surface area contributed by atoms with Gasteiger partial charge in [-0.05, 0) is 43.0 Å². The average Bonchev–Trinajstić information content (AvgIpc) is 2.67. The standard InChI is InChI=1S/C20H20N4O3/c25-14-9-13(10-14)19(17-7-3-4-8-21-17)23-18(26)11-24-12-22-16-6-2-1-5-15(16)20(24)27/h1-8,12-14,19,25H,9-11H2,(H,23,26)/t13?,14?,19-/m0/s1. The number of rotatable bonds is 5. The van der Waals surface area contributed by atoms with E-state index in [4.69, 9.17) is 0 Å². The van der Waals surface area contributed by atoms with Crippen molar-refractivity contribution in [3.05, 3.63) is 71.0 Å². The minimum absolute atomic E-state index is 0.116. The van der Waals surface area contributed by atoms with Crippen molar-refractivity contribution in [3.63, 3.8) is 0 Å². The molecule has 1 aromatic carbocycles. The van der Waals surface area contributed by atoms with Gasteiger partial charge < -0.3 is 10.4 Å². The SMILES string of the molecule is O=C(Cn1cnc2ccccc2c1=O)N[C@H](c1ccccn1)C1CC(O)C1. The number of aliphatic hydroxyl groups is 1. The Morgan fingerprint density at radius 3 is 2.70 bits per heavy atom. The lowest BCUT2D eigenvalue weighted by Crippen LogP contribution is -2.43. The Hall–Kier alpha value is -3.06. The van der Waals surface area contributed by atoms with Crippen LogP contribution in [0.3, 0.4) is 0 Å². The number of hydrogen-bond acceptors (Lipinski definition) is 5. The minimum Gasteiger partial charge on any atom is -0.393 e. The predicted molar refractivity (Wildman–Crippen MR) is 99.9 cm³/mol. The van der Waals surface area contributed by atoms with Crippen molar-refractivity contribution in [1.29, 1.82) is 0 Å². The summed E-state index contributed by atoms with van der Waals surface area (Å²) in [5, 5.41) is 13.1. The first-order chi connectivity index (χ1) is 13.1. The molecule has 2 heterocycles. The van der Waals surface area contributed by atoms with E-state index in [0.29, 0.717) is 23.7 Å². The van der Waals surface area contributed by atoms with E-state index in [0.717, 1.165) is 5.69 Å². The third kappa shape index (κ3) is 3.59. The van der Waals surface area contributed by atoms with E-state index in [2.05, 4.69) is 15.3 Å². The van der Waals surface area contributed by atoms with Gasteiger partial charge in [0.25, 0.3) is 5.56 Å². The van der Waals surface area contributed by atoms with Crippen LogP contribution in [0, 0.1) is 5.92 Å². The van der Waals surface area contributed by atoms with E-state index < -0.39 is 0 Å². The molecule has 138 valence electrons. The molecule has 1 aliphatic rings. The average molecular weight is 364 g/mol. The van der Waals surface area contributed by atoms with E-state index in [-0.39, 0.29) is 36.1 Å². The number of nitrogens with one attached hydrogen (secondary N) is 1. The molecular formula is C20H20N4O3. The van der Waals surface area contributed by atoms with Crippen molar-refractivity contribution < 1.29 is 9.90 Å². The molecule has 2 aromatic heterocycles. The fourth-order valence-corrected chi connectivity index (χ4v) is 3.49. The number of carbonyl (C=O) groups excluding carboxylic acids is 1. The molecule has 0 spiro atoms. The number of fused-ring (bicyclic) bond motifs is 1. The van der Waals surface area contributed by atoms with Gasteiger partial charge in [0, 0.05) is 6.20 Å². The zero-order valence-electron chi connectivity index (χ0n) is 14.7. The third-order valence-corrected chi connectivity index (χ3v) is 4.99. The second kappa shape index (κ2) is 7.28. The van der Waals surface area contributed by atoms with Crippen LogP contribution in [0.25, 0.3) is 10.9 Å². The molecule has 4 rings (SSSR count). The van der Waals surface area contributed by atoms with Crippen molar-refractivity contribution in [3.8, 4) is 0 Å². The van der Waals surface area contributed by atoms with Gasteiger partial charge in [0.15, 0.2) is 0 Å². The number of aromatic nitrogens is 3. The topological polar surface area (TPSA) is 97.1 Å². The quantitative estimate of drug-likeness (QED) is 0.714. The summed E-state index contributed by atoms with van der Waals surface area (Å²) >= 11 is 0. The molecule has 7 heteroatoms. The lowest BCUT2D eigenvalue weighted by atomic mass is 9.76. The van der Waals surface area contributed by atoms with Crippen LogP contribution in [0.5, 0.6) is 0 Å². The molecule has 7 nitrogen and oxygen atoms in total. The molecule has 1 amide bonds. The van der Waals surface area contributed by atoms with Gasteiger partial charge in [-0.1, -0.05) is 18.2 Å². The summed E-state index contributed by atoms with van der Waals surface area (Å²) in [5.74, 6) is -0.156. The van der Waals surface area contributed by atoms with Gasteiger partial charge >= 0.3 is 0 Å². The summed E-state index contributed by atoms with van der Waals surface area (Å²) in [6.45, 7) is -0.116. The van der Waals surface area contributed by atoms with Gasteiger partial charge in [0.05, 0.1) is 35.1 Å². The normalized spacial score (nSPS) is 20.0. The van der Waals surface area contributed by atoms with Crippen LogP contribution in [0.15, 0.2) is 59.8 Å². The highest BCUT2D eigenvalue weighted by molar-refractivity contribution is 5.79. The highest BCUT2D eigenvalue weighted by Crippen LogP contribution is 2.37. The Kier molecular flexibility index (Phi) is 4.68. The number of pyridine rings is 1. The number of aliphatic hydroxyl groups excluding tert-OH is 1. The van der Waals surface area contributed by atoms with Gasteiger partial charge in [0.1, 0.15) is 6.54 Å². The molecule has 27 heavy (non-hydrogen) atoms. The molecule has 1 saturated carbocycles. The highest BCUT2D eigenvalue weighted by atomic mass is 16.3. The second-order valence-electron chi connectivity index (χ2n) is 6.88. The lowest BCUT2D eigenvalue weighted by molar-refractivity contribution is -0.123.